The van der Waals surface area contributed by atoms with Gasteiger partial charge in [-0.1, -0.05) is 11.6 Å². The number of nitrogens with one attached hydrogen (secondary N) is 1. The van der Waals surface area contributed by atoms with Crippen LogP contribution >= 0.6 is 0 Å². The summed E-state index contributed by atoms with van der Waals surface area (Å²) in [5.41, 5.74) is 4.05. The van der Waals surface area contributed by atoms with Gasteiger partial charge in [0.1, 0.15) is 6.04 Å². The van der Waals surface area contributed by atoms with Crippen molar-refractivity contribution in [1.29, 1.82) is 0 Å². The quantitative estimate of drug-likeness (QED) is 0.314. The van der Waals surface area contributed by atoms with E-state index in [-0.39, 0.29) is 16.8 Å². The lowest BCUT2D eigenvalue weighted by Gasteiger charge is -2.40. The van der Waals surface area contributed by atoms with Crippen LogP contribution in [0, 0.1) is 24.0 Å². The molecule has 2 aromatic heterocycles. The Morgan fingerprint density at radius 2 is 1.71 bits per heavy atom. The van der Waals surface area contributed by atoms with E-state index in [2.05, 4.69) is 42.4 Å². The number of aryl methyl sites for hydroxylation is 2. The summed E-state index contributed by atoms with van der Waals surface area (Å²) in [5.74, 6) is 0.621. The normalized spacial score (nSPS) is 15.7. The van der Waals surface area contributed by atoms with E-state index in [1.165, 1.54) is 12.1 Å². The number of non-ortho nitro benzene ring substituents is 1. The van der Waals surface area contributed by atoms with Crippen molar-refractivity contribution in [3.05, 3.63) is 85.4 Å². The second-order valence-corrected chi connectivity index (χ2v) is 10.9. The highest BCUT2D eigenvalue weighted by Crippen LogP contribution is 2.31. The number of nitro groups is 1. The van der Waals surface area contributed by atoms with Gasteiger partial charge in [0, 0.05) is 49.6 Å². The van der Waals surface area contributed by atoms with Crippen LogP contribution in [0.1, 0.15) is 49.3 Å². The number of hydrogen-bond acceptors (Lipinski definition) is 8. The molecule has 1 aliphatic heterocycles. The van der Waals surface area contributed by atoms with Gasteiger partial charge < -0.3 is 9.88 Å². The van der Waals surface area contributed by atoms with E-state index in [0.717, 1.165) is 27.7 Å². The Kier molecular flexibility index (Phi) is 6.47. The number of anilines is 1. The average molecular weight is 517 g/mol. The molecule has 3 heterocycles. The number of nitrogens with zero attached hydrogens (tertiary/aromatic N) is 7. The molecule has 11 nitrogen and oxygen atoms in total. The van der Waals surface area contributed by atoms with Crippen LogP contribution in [0.2, 0.25) is 0 Å². The Morgan fingerprint density at radius 1 is 1.03 bits per heavy atom. The number of benzene rings is 2. The molecule has 0 bridgehead atoms. The number of tetrazole rings is 1. The van der Waals surface area contributed by atoms with Crippen molar-refractivity contribution in [3.63, 3.8) is 0 Å². The summed E-state index contributed by atoms with van der Waals surface area (Å²) in [6.45, 7) is 12.8. The van der Waals surface area contributed by atoms with Gasteiger partial charge in [-0.15, -0.1) is 5.10 Å². The molecular formula is C27H32N8O3. The lowest BCUT2D eigenvalue weighted by Crippen LogP contribution is -2.49. The Morgan fingerprint density at radius 3 is 2.34 bits per heavy atom. The summed E-state index contributed by atoms with van der Waals surface area (Å²) in [7, 11) is 0. The molecule has 1 atom stereocenters. The van der Waals surface area contributed by atoms with Gasteiger partial charge in [-0.25, -0.2) is 4.68 Å². The van der Waals surface area contributed by atoms with Crippen molar-refractivity contribution in [2.24, 2.45) is 0 Å². The number of rotatable bonds is 5. The fraction of sp³-hybridized carbons (Fsp3) is 0.407. The van der Waals surface area contributed by atoms with Crippen molar-refractivity contribution >= 4 is 22.3 Å². The van der Waals surface area contributed by atoms with Crippen LogP contribution in [0.3, 0.4) is 0 Å². The molecule has 2 aromatic carbocycles. The molecule has 4 aromatic rings. The van der Waals surface area contributed by atoms with Crippen molar-refractivity contribution in [1.82, 2.24) is 30.1 Å². The predicted molar refractivity (Wildman–Crippen MR) is 146 cm³/mol. The molecule has 5 rings (SSSR count). The van der Waals surface area contributed by atoms with E-state index < -0.39 is 11.0 Å². The first-order valence-electron chi connectivity index (χ1n) is 12.7. The number of aromatic nitrogens is 5. The summed E-state index contributed by atoms with van der Waals surface area (Å²) >= 11 is 0. The monoisotopic (exact) mass is 516 g/mol. The van der Waals surface area contributed by atoms with Gasteiger partial charge in [0.2, 0.25) is 0 Å². The highest BCUT2D eigenvalue weighted by Gasteiger charge is 2.35. The maximum absolute atomic E-state index is 13.6. The Hall–Kier alpha value is -4.12. The van der Waals surface area contributed by atoms with Gasteiger partial charge in [-0.05, 0) is 80.3 Å². The molecule has 38 heavy (non-hydrogen) atoms. The highest BCUT2D eigenvalue weighted by molar-refractivity contribution is 5.83. The first kappa shape index (κ1) is 25.5. The molecule has 1 fully saturated rings. The minimum Gasteiger partial charge on any atom is -0.369 e. The molecule has 1 N–H and O–H groups in total. The molecule has 0 saturated carbocycles. The molecule has 1 aliphatic rings. The van der Waals surface area contributed by atoms with Gasteiger partial charge in [0.25, 0.3) is 11.2 Å². The third-order valence-corrected chi connectivity index (χ3v) is 7.10. The van der Waals surface area contributed by atoms with Crippen molar-refractivity contribution < 1.29 is 4.92 Å². The van der Waals surface area contributed by atoms with Crippen LogP contribution in [-0.4, -0.2) is 61.2 Å². The molecule has 0 spiro atoms. The summed E-state index contributed by atoms with van der Waals surface area (Å²) in [4.78, 5) is 31.8. The van der Waals surface area contributed by atoms with E-state index in [1.807, 2.05) is 40.7 Å². The van der Waals surface area contributed by atoms with Crippen LogP contribution < -0.4 is 10.5 Å². The molecule has 0 radical (unpaired) electrons. The van der Waals surface area contributed by atoms with Crippen LogP contribution in [0.15, 0.2) is 47.3 Å². The van der Waals surface area contributed by atoms with Crippen molar-refractivity contribution in [2.75, 3.05) is 31.1 Å². The van der Waals surface area contributed by atoms with Gasteiger partial charge in [0.05, 0.1) is 16.0 Å². The number of fused-ring (bicyclic) bond motifs is 1. The average Bonchev–Trinajstić information content (AvgIpc) is 3.36. The first-order valence-corrected chi connectivity index (χ1v) is 12.7. The molecule has 0 amide bonds. The topological polar surface area (TPSA) is 126 Å². The molecule has 0 aliphatic carbocycles. The number of pyridine rings is 1. The van der Waals surface area contributed by atoms with Gasteiger partial charge >= 0.3 is 0 Å². The van der Waals surface area contributed by atoms with Gasteiger partial charge in [0.15, 0.2) is 5.82 Å². The fourth-order valence-electron chi connectivity index (χ4n) is 5.27. The Balaban J connectivity index is 1.53. The van der Waals surface area contributed by atoms with Gasteiger partial charge in [-0.3, -0.25) is 19.8 Å². The number of aromatic amines is 1. The standard InChI is InChI=1S/C27H32N8O3/c1-17-14-18(2)23-19(15-17)16-22(26(36)28-23)24(25-29-30-31-34(25)27(3,4)5)33-12-10-32(11-13-33)20-6-8-21(9-7-20)35(37)38/h6-9,14-16,24H,10-13H2,1-5H3,(H,28,36). The highest BCUT2D eigenvalue weighted by atomic mass is 16.6. The van der Waals surface area contributed by atoms with Crippen LogP contribution in [0.4, 0.5) is 11.4 Å². The number of nitro benzene ring substituents is 1. The molecule has 11 heteroatoms. The molecule has 198 valence electrons. The van der Waals surface area contributed by atoms with Crippen molar-refractivity contribution in [2.45, 2.75) is 46.2 Å². The maximum Gasteiger partial charge on any atom is 0.269 e. The predicted octanol–water partition coefficient (Wildman–Crippen LogP) is 3.71. The summed E-state index contributed by atoms with van der Waals surface area (Å²) in [6.07, 6.45) is 0. The van der Waals surface area contributed by atoms with Gasteiger partial charge in [-0.2, -0.15) is 0 Å². The smallest absolute Gasteiger partial charge is 0.269 e. The lowest BCUT2D eigenvalue weighted by atomic mass is 9.99. The van der Waals surface area contributed by atoms with E-state index in [1.54, 1.807) is 16.8 Å². The molecule has 1 saturated heterocycles. The largest absolute Gasteiger partial charge is 0.369 e. The van der Waals surface area contributed by atoms with Crippen LogP contribution in [0.5, 0.6) is 0 Å². The van der Waals surface area contributed by atoms with E-state index >= 15 is 0 Å². The third kappa shape index (κ3) is 4.76. The van der Waals surface area contributed by atoms with E-state index in [9.17, 15) is 14.9 Å². The first-order chi connectivity index (χ1) is 18.0. The lowest BCUT2D eigenvalue weighted by molar-refractivity contribution is -0.384. The Bertz CT molecular complexity index is 1540. The summed E-state index contributed by atoms with van der Waals surface area (Å²) in [5, 5.41) is 24.7. The fourth-order valence-corrected chi connectivity index (χ4v) is 5.27. The van der Waals surface area contributed by atoms with Crippen LogP contribution in [-0.2, 0) is 5.54 Å². The minimum atomic E-state index is -0.447. The zero-order chi connectivity index (χ0) is 27.2. The minimum absolute atomic E-state index is 0.0717. The Labute approximate surface area is 220 Å². The SMILES string of the molecule is Cc1cc(C)c2[nH]c(=O)c(C(c3nnnn3C(C)(C)C)N3CCN(c4ccc([N+](=O)[O-])cc4)CC3)cc2c1. The second-order valence-electron chi connectivity index (χ2n) is 10.9. The zero-order valence-corrected chi connectivity index (χ0v) is 22.3. The summed E-state index contributed by atoms with van der Waals surface area (Å²) < 4.78 is 1.80. The second kappa shape index (κ2) is 9.64. The third-order valence-electron chi connectivity index (χ3n) is 7.10. The van der Waals surface area contributed by atoms with Crippen LogP contribution in [0.25, 0.3) is 10.9 Å². The molecule has 1 unspecified atom stereocenters. The molecular weight excluding hydrogens is 484 g/mol. The maximum atomic E-state index is 13.6. The number of piperazine rings is 1. The van der Waals surface area contributed by atoms with Crippen molar-refractivity contribution in [3.8, 4) is 0 Å². The number of H-pyrrole nitrogens is 1. The van der Waals surface area contributed by atoms with E-state index in [4.69, 9.17) is 0 Å². The summed E-state index contributed by atoms with van der Waals surface area (Å²) in [6, 6.07) is 12.3. The number of hydrogen-bond donors (Lipinski definition) is 1. The zero-order valence-electron chi connectivity index (χ0n) is 22.3. The van der Waals surface area contributed by atoms with E-state index in [0.29, 0.717) is 37.6 Å².